The summed E-state index contributed by atoms with van der Waals surface area (Å²) in [5.74, 6) is -3.23. The Hall–Kier alpha value is -4.12. The van der Waals surface area contributed by atoms with E-state index < -0.39 is 47.2 Å². The van der Waals surface area contributed by atoms with E-state index in [0.717, 1.165) is 17.0 Å². The topological polar surface area (TPSA) is 82.1 Å². The van der Waals surface area contributed by atoms with Crippen LogP contribution in [0.5, 0.6) is 11.5 Å². The average Bonchev–Trinajstić information content (AvgIpc) is 3.64. The number of benzene rings is 2. The average molecular weight is 584 g/mol. The van der Waals surface area contributed by atoms with Gasteiger partial charge in [-0.1, -0.05) is 18.2 Å². The van der Waals surface area contributed by atoms with Gasteiger partial charge in [-0.2, -0.15) is 13.2 Å². The molecule has 212 valence electrons. The number of ketones is 1. The van der Waals surface area contributed by atoms with Crippen molar-refractivity contribution in [2.24, 2.45) is 5.92 Å². The van der Waals surface area contributed by atoms with Crippen molar-refractivity contribution in [3.63, 3.8) is 0 Å². The van der Waals surface area contributed by atoms with E-state index >= 15 is 0 Å². The van der Waals surface area contributed by atoms with Gasteiger partial charge in [0.2, 0.25) is 12.7 Å². The number of fused-ring (bicyclic) bond motifs is 1. The van der Waals surface area contributed by atoms with E-state index in [1.165, 1.54) is 28.4 Å². The highest BCUT2D eigenvalue weighted by Crippen LogP contribution is 2.51. The molecule has 3 aliphatic rings. The lowest BCUT2D eigenvalue weighted by atomic mass is 9.69. The monoisotopic (exact) mass is 583 g/mol. The minimum absolute atomic E-state index is 0.00813. The number of esters is 1. The molecular weight excluding hydrogens is 559 g/mol. The van der Waals surface area contributed by atoms with Crippen LogP contribution in [0.25, 0.3) is 0 Å². The Labute approximate surface area is 237 Å². The fourth-order valence-corrected chi connectivity index (χ4v) is 6.70. The lowest BCUT2D eigenvalue weighted by Crippen LogP contribution is -2.46. The maximum atomic E-state index is 14.4. The van der Waals surface area contributed by atoms with Crippen LogP contribution >= 0.6 is 11.3 Å². The van der Waals surface area contributed by atoms with Crippen LogP contribution in [0.3, 0.4) is 0 Å². The molecule has 0 spiro atoms. The number of rotatable bonds is 5. The van der Waals surface area contributed by atoms with Gasteiger partial charge in [-0.15, -0.1) is 11.3 Å². The summed E-state index contributed by atoms with van der Waals surface area (Å²) in [5.41, 5.74) is 0.196. The van der Waals surface area contributed by atoms with Crippen molar-refractivity contribution in [2.75, 3.05) is 18.3 Å². The molecule has 2 aromatic carbocycles. The van der Waals surface area contributed by atoms with Gasteiger partial charge in [-0.25, -0.2) is 0 Å². The van der Waals surface area contributed by atoms with Crippen LogP contribution in [0.1, 0.15) is 47.6 Å². The number of carbonyl (C=O) groups is 3. The normalized spacial score (nSPS) is 22.1. The zero-order chi connectivity index (χ0) is 28.9. The van der Waals surface area contributed by atoms with Gasteiger partial charge in [0.15, 0.2) is 17.3 Å². The van der Waals surface area contributed by atoms with Crippen LogP contribution < -0.4 is 14.4 Å². The summed E-state index contributed by atoms with van der Waals surface area (Å²) in [6, 6.07) is 13.2. The van der Waals surface area contributed by atoms with E-state index in [9.17, 15) is 27.6 Å². The first-order valence-electron chi connectivity index (χ1n) is 13.0. The van der Waals surface area contributed by atoms with Gasteiger partial charge in [0.05, 0.1) is 12.2 Å². The third kappa shape index (κ3) is 4.77. The van der Waals surface area contributed by atoms with Crippen molar-refractivity contribution in [2.45, 2.75) is 37.8 Å². The zero-order valence-electron chi connectivity index (χ0n) is 21.8. The first-order valence-corrected chi connectivity index (χ1v) is 13.9. The number of alkyl halides is 3. The smallest absolute Gasteiger partial charge is 0.416 e. The van der Waals surface area contributed by atoms with Crippen molar-refractivity contribution < 1.29 is 41.8 Å². The predicted molar refractivity (Wildman–Crippen MR) is 143 cm³/mol. The number of Topliss-reactive ketones (excluding diaryl/α,β-unsaturated/α-hetero) is 1. The molecule has 7 nitrogen and oxygen atoms in total. The second-order valence-corrected chi connectivity index (χ2v) is 10.9. The minimum Gasteiger partial charge on any atom is -0.465 e. The molecule has 0 unspecified atom stereocenters. The Morgan fingerprint density at radius 2 is 1.85 bits per heavy atom. The van der Waals surface area contributed by atoms with Gasteiger partial charge in [0.25, 0.3) is 0 Å². The number of nitrogens with zero attached hydrogens (tertiary/aromatic N) is 1. The van der Waals surface area contributed by atoms with E-state index in [1.54, 1.807) is 37.3 Å². The summed E-state index contributed by atoms with van der Waals surface area (Å²) in [6.07, 6.45) is -4.74. The van der Waals surface area contributed by atoms with Gasteiger partial charge in [-0.05, 0) is 60.7 Å². The molecule has 11 heteroatoms. The third-order valence-electron chi connectivity index (χ3n) is 7.60. The fraction of sp³-hybridized carbons (Fsp3) is 0.300. The maximum Gasteiger partial charge on any atom is 0.416 e. The summed E-state index contributed by atoms with van der Waals surface area (Å²) in [6.45, 7) is 1.76. The number of anilines is 1. The number of hydrogen-bond donors (Lipinski definition) is 0. The highest BCUT2D eigenvalue weighted by molar-refractivity contribution is 7.10. The molecule has 2 aliphatic heterocycles. The van der Waals surface area contributed by atoms with Gasteiger partial charge in [0, 0.05) is 40.1 Å². The lowest BCUT2D eigenvalue weighted by Gasteiger charge is -2.42. The standard InChI is InChI=1S/C30H24F3NO6S/c1-2-38-29(37)27-20(24-7-4-10-41-24)13-21-26(28(27)36)19(16-8-9-22-23(11-16)40-15-39-22)14-25(35)34(21)18-6-3-5-17(12-18)30(31,32)33/h3-12,19-20,27H,2,13-15H2,1H3/t19-,20+,27+/m0/s1. The van der Waals surface area contributed by atoms with Gasteiger partial charge < -0.3 is 14.2 Å². The summed E-state index contributed by atoms with van der Waals surface area (Å²) in [4.78, 5) is 43.4. The number of halogens is 3. The highest BCUT2D eigenvalue weighted by atomic mass is 32.1. The number of carbonyl (C=O) groups excluding carboxylic acids is 3. The Morgan fingerprint density at radius 1 is 1.05 bits per heavy atom. The summed E-state index contributed by atoms with van der Waals surface area (Å²) in [5, 5.41) is 1.82. The van der Waals surface area contributed by atoms with Crippen molar-refractivity contribution in [3.8, 4) is 11.5 Å². The molecule has 1 aromatic heterocycles. The molecule has 0 N–H and O–H groups in total. The van der Waals surface area contributed by atoms with Crippen molar-refractivity contribution in [1.29, 1.82) is 0 Å². The number of amides is 1. The Bertz CT molecular complexity index is 1560. The molecule has 1 amide bonds. The van der Waals surface area contributed by atoms with Crippen molar-refractivity contribution >= 4 is 34.7 Å². The van der Waals surface area contributed by atoms with Gasteiger partial charge >= 0.3 is 12.1 Å². The van der Waals surface area contributed by atoms with Crippen molar-refractivity contribution in [3.05, 3.63) is 87.3 Å². The second-order valence-electron chi connectivity index (χ2n) is 9.93. The second kappa shape index (κ2) is 10.4. The van der Waals surface area contributed by atoms with E-state index in [1.807, 2.05) is 5.38 Å². The van der Waals surface area contributed by atoms with Crippen LogP contribution in [-0.2, 0) is 25.3 Å². The Morgan fingerprint density at radius 3 is 2.59 bits per heavy atom. The van der Waals surface area contributed by atoms with E-state index in [0.29, 0.717) is 17.1 Å². The molecule has 3 aromatic rings. The zero-order valence-corrected chi connectivity index (χ0v) is 22.6. The maximum absolute atomic E-state index is 14.4. The van der Waals surface area contributed by atoms with Crippen LogP contribution in [0.15, 0.2) is 71.2 Å². The number of allylic oxidation sites excluding steroid dienone is 2. The molecule has 0 radical (unpaired) electrons. The molecule has 0 saturated heterocycles. The first-order chi connectivity index (χ1) is 19.7. The van der Waals surface area contributed by atoms with E-state index in [4.69, 9.17) is 14.2 Å². The number of hydrogen-bond acceptors (Lipinski definition) is 7. The Balaban J connectivity index is 1.55. The van der Waals surface area contributed by atoms with E-state index in [2.05, 4.69) is 0 Å². The van der Waals surface area contributed by atoms with Crippen molar-refractivity contribution in [1.82, 2.24) is 0 Å². The minimum atomic E-state index is -4.63. The summed E-state index contributed by atoms with van der Waals surface area (Å²) >= 11 is 1.36. The number of thiophene rings is 1. The molecule has 0 bridgehead atoms. The molecule has 0 saturated carbocycles. The van der Waals surface area contributed by atoms with Gasteiger partial charge in [0.1, 0.15) is 5.92 Å². The summed E-state index contributed by atoms with van der Waals surface area (Å²) in [7, 11) is 0. The van der Waals surface area contributed by atoms with Gasteiger partial charge in [-0.3, -0.25) is 19.3 Å². The summed E-state index contributed by atoms with van der Waals surface area (Å²) < 4.78 is 57.2. The first kappa shape index (κ1) is 27.1. The fourth-order valence-electron chi connectivity index (χ4n) is 5.84. The number of ether oxygens (including phenoxy) is 3. The van der Waals surface area contributed by atoms with Crippen LogP contribution in [0, 0.1) is 5.92 Å². The molecule has 6 rings (SSSR count). The van der Waals surface area contributed by atoms with Crippen LogP contribution in [0.4, 0.5) is 18.9 Å². The molecule has 3 heterocycles. The predicted octanol–water partition coefficient (Wildman–Crippen LogP) is 6.21. The Kier molecular flexibility index (Phi) is 6.85. The van der Waals surface area contributed by atoms with Crippen LogP contribution in [0.2, 0.25) is 0 Å². The van der Waals surface area contributed by atoms with Crippen LogP contribution in [-0.4, -0.2) is 31.1 Å². The lowest BCUT2D eigenvalue weighted by molar-refractivity contribution is -0.152. The molecule has 3 atom stereocenters. The highest BCUT2D eigenvalue weighted by Gasteiger charge is 2.50. The third-order valence-corrected chi connectivity index (χ3v) is 8.61. The molecular formula is C30H24F3NO6S. The quantitative estimate of drug-likeness (QED) is 0.263. The molecule has 41 heavy (non-hydrogen) atoms. The van der Waals surface area contributed by atoms with E-state index in [-0.39, 0.29) is 43.2 Å². The largest absolute Gasteiger partial charge is 0.465 e. The SMILES string of the molecule is CCOC(=O)[C@H]1C(=O)C2=C(C[C@@H]1c1cccs1)N(c1cccc(C(F)(F)F)c1)C(=O)C[C@H]2c1ccc2c(c1)OCO2. The molecule has 1 aliphatic carbocycles. The molecule has 0 fully saturated rings.